The Balaban J connectivity index is 1.69. The van der Waals surface area contributed by atoms with E-state index in [0.717, 1.165) is 6.07 Å². The second-order valence-corrected chi connectivity index (χ2v) is 8.81. The monoisotopic (exact) mass is 499 g/mol. The van der Waals surface area contributed by atoms with Crippen LogP contribution in [-0.4, -0.2) is 33.4 Å². The molecule has 0 heterocycles. The van der Waals surface area contributed by atoms with E-state index in [-0.39, 0.29) is 24.2 Å². The smallest absolute Gasteiger partial charge is 0.338 e. The Labute approximate surface area is 200 Å². The number of rotatable bonds is 9. The maximum atomic E-state index is 13.4. The van der Waals surface area contributed by atoms with Crippen molar-refractivity contribution in [2.24, 2.45) is 0 Å². The minimum Gasteiger partial charge on any atom is -0.452 e. The Hall–Kier alpha value is -4.30. The zero-order valence-electron chi connectivity index (χ0n) is 18.1. The van der Waals surface area contributed by atoms with Crippen LogP contribution in [0.2, 0.25) is 0 Å². The van der Waals surface area contributed by atoms with Crippen molar-refractivity contribution < 1.29 is 31.5 Å². The van der Waals surface area contributed by atoms with Crippen molar-refractivity contribution in [2.75, 3.05) is 22.8 Å². The molecule has 0 aliphatic heterocycles. The lowest BCUT2D eigenvalue weighted by atomic mass is 10.2. The lowest BCUT2D eigenvalue weighted by Crippen LogP contribution is -2.35. The van der Waals surface area contributed by atoms with Gasteiger partial charge in [0, 0.05) is 17.9 Å². The van der Waals surface area contributed by atoms with E-state index in [1.807, 2.05) is 6.07 Å². The van der Waals surface area contributed by atoms with Gasteiger partial charge in [-0.25, -0.2) is 22.0 Å². The molecule has 0 saturated carbocycles. The molecule has 180 valence electrons. The number of halogens is 2. The zero-order valence-corrected chi connectivity index (χ0v) is 19.0. The molecule has 0 aliphatic rings. The van der Waals surface area contributed by atoms with Gasteiger partial charge in [-0.05, 0) is 48.5 Å². The number of nitrogens with one attached hydrogen (secondary N) is 1. The summed E-state index contributed by atoms with van der Waals surface area (Å²) < 4.78 is 58.7. The number of hydrogen-bond acceptors (Lipinski definition) is 6. The number of amides is 1. The van der Waals surface area contributed by atoms with Gasteiger partial charge in [0.25, 0.3) is 15.9 Å². The molecule has 1 N–H and O–H groups in total. The molecule has 3 rings (SSSR count). The first-order valence-electron chi connectivity index (χ1n) is 10.2. The predicted octanol–water partition coefficient (Wildman–Crippen LogP) is 3.87. The molecule has 11 heteroatoms. The van der Waals surface area contributed by atoms with Gasteiger partial charge in [0.15, 0.2) is 18.2 Å². The standard InChI is InChI=1S/C24H19F2N3O5S/c25-21-11-10-20(15-22(21)26)35(32,33)28-18-7-4-6-17(14-18)24(31)34-16-23(30)29(13-5-12-27)19-8-2-1-3-9-19/h1-4,6-11,14-15,28H,5,13,16H2. The third-order valence-corrected chi connectivity index (χ3v) is 6.07. The summed E-state index contributed by atoms with van der Waals surface area (Å²) in [5, 5.41) is 8.86. The lowest BCUT2D eigenvalue weighted by Gasteiger charge is -2.21. The van der Waals surface area contributed by atoms with E-state index < -0.39 is 45.0 Å². The number of carbonyl (C=O) groups is 2. The van der Waals surface area contributed by atoms with E-state index in [0.29, 0.717) is 17.8 Å². The summed E-state index contributed by atoms with van der Waals surface area (Å²) in [6, 6.07) is 17.9. The molecule has 0 aromatic heterocycles. The molecule has 0 unspecified atom stereocenters. The van der Waals surface area contributed by atoms with Crippen molar-refractivity contribution in [1.29, 1.82) is 5.26 Å². The highest BCUT2D eigenvalue weighted by Gasteiger charge is 2.20. The number of ether oxygens (including phenoxy) is 1. The summed E-state index contributed by atoms with van der Waals surface area (Å²) in [6.45, 7) is -0.498. The number of sulfonamides is 1. The highest BCUT2D eigenvalue weighted by Crippen LogP contribution is 2.20. The van der Waals surface area contributed by atoms with E-state index in [9.17, 15) is 26.8 Å². The Kier molecular flexibility index (Phi) is 8.12. The Morgan fingerprint density at radius 1 is 0.971 bits per heavy atom. The fourth-order valence-corrected chi connectivity index (χ4v) is 4.08. The quantitative estimate of drug-likeness (QED) is 0.447. The summed E-state index contributed by atoms with van der Waals surface area (Å²) in [5.41, 5.74) is 0.458. The number of nitrogens with zero attached hydrogens (tertiary/aromatic N) is 2. The second kappa shape index (κ2) is 11.2. The average Bonchev–Trinajstić information content (AvgIpc) is 2.85. The van der Waals surface area contributed by atoms with Crippen LogP contribution in [0.4, 0.5) is 20.2 Å². The number of benzene rings is 3. The van der Waals surface area contributed by atoms with Gasteiger partial charge in [-0.3, -0.25) is 9.52 Å². The highest BCUT2D eigenvalue weighted by molar-refractivity contribution is 7.92. The topological polar surface area (TPSA) is 117 Å². The predicted molar refractivity (Wildman–Crippen MR) is 123 cm³/mol. The number of para-hydroxylation sites is 1. The van der Waals surface area contributed by atoms with Gasteiger partial charge in [-0.15, -0.1) is 0 Å². The van der Waals surface area contributed by atoms with Crippen LogP contribution in [-0.2, 0) is 19.6 Å². The molecule has 3 aromatic carbocycles. The fraction of sp³-hybridized carbons (Fsp3) is 0.125. The zero-order chi connectivity index (χ0) is 25.4. The maximum Gasteiger partial charge on any atom is 0.338 e. The maximum absolute atomic E-state index is 13.4. The summed E-state index contributed by atoms with van der Waals surface area (Å²) in [5.74, 6) is -3.95. The average molecular weight is 499 g/mol. The third kappa shape index (κ3) is 6.61. The number of hydrogen-bond donors (Lipinski definition) is 1. The summed E-state index contributed by atoms with van der Waals surface area (Å²) >= 11 is 0. The van der Waals surface area contributed by atoms with E-state index in [4.69, 9.17) is 10.00 Å². The molecule has 0 atom stereocenters. The molecular weight excluding hydrogens is 480 g/mol. The van der Waals surface area contributed by atoms with E-state index in [1.54, 1.807) is 30.3 Å². The molecule has 1 amide bonds. The number of anilines is 2. The molecule has 0 fully saturated rings. The number of nitriles is 1. The number of carbonyl (C=O) groups excluding carboxylic acids is 2. The van der Waals surface area contributed by atoms with Crippen LogP contribution in [0.25, 0.3) is 0 Å². The Bertz CT molecular complexity index is 1380. The van der Waals surface area contributed by atoms with Crippen molar-refractivity contribution in [3.63, 3.8) is 0 Å². The third-order valence-electron chi connectivity index (χ3n) is 4.69. The van der Waals surface area contributed by atoms with Gasteiger partial charge in [-0.1, -0.05) is 24.3 Å². The molecule has 0 radical (unpaired) electrons. The first-order chi connectivity index (χ1) is 16.7. The Morgan fingerprint density at radius 2 is 1.71 bits per heavy atom. The highest BCUT2D eigenvalue weighted by atomic mass is 32.2. The Morgan fingerprint density at radius 3 is 2.40 bits per heavy atom. The van der Waals surface area contributed by atoms with Crippen LogP contribution in [0.3, 0.4) is 0 Å². The van der Waals surface area contributed by atoms with E-state index in [1.165, 1.54) is 29.2 Å². The van der Waals surface area contributed by atoms with Crippen molar-refractivity contribution >= 4 is 33.3 Å². The summed E-state index contributed by atoms with van der Waals surface area (Å²) in [7, 11) is -4.27. The van der Waals surface area contributed by atoms with Gasteiger partial charge in [0.2, 0.25) is 0 Å². The molecular formula is C24H19F2N3O5S. The summed E-state index contributed by atoms with van der Waals surface area (Å²) in [4.78, 5) is 25.9. The first-order valence-corrected chi connectivity index (χ1v) is 11.7. The van der Waals surface area contributed by atoms with Gasteiger partial charge in [0.05, 0.1) is 22.9 Å². The second-order valence-electron chi connectivity index (χ2n) is 7.13. The van der Waals surface area contributed by atoms with Crippen molar-refractivity contribution in [3.8, 4) is 6.07 Å². The molecule has 8 nitrogen and oxygen atoms in total. The lowest BCUT2D eigenvalue weighted by molar-refractivity contribution is -0.121. The van der Waals surface area contributed by atoms with E-state index >= 15 is 0 Å². The largest absolute Gasteiger partial charge is 0.452 e. The van der Waals surface area contributed by atoms with E-state index in [2.05, 4.69) is 4.72 Å². The van der Waals surface area contributed by atoms with Gasteiger partial charge < -0.3 is 9.64 Å². The summed E-state index contributed by atoms with van der Waals surface area (Å²) in [6.07, 6.45) is 0.0781. The van der Waals surface area contributed by atoms with Crippen LogP contribution in [0.5, 0.6) is 0 Å². The molecule has 35 heavy (non-hydrogen) atoms. The van der Waals surface area contributed by atoms with Crippen LogP contribution in [0.1, 0.15) is 16.8 Å². The molecule has 0 bridgehead atoms. The first kappa shape index (κ1) is 25.3. The van der Waals surface area contributed by atoms with Gasteiger partial charge >= 0.3 is 5.97 Å². The van der Waals surface area contributed by atoms with Crippen molar-refractivity contribution in [3.05, 3.63) is 90.0 Å². The van der Waals surface area contributed by atoms with Crippen LogP contribution in [0.15, 0.2) is 77.7 Å². The minimum atomic E-state index is -4.27. The normalized spacial score (nSPS) is 10.8. The van der Waals surface area contributed by atoms with Crippen LogP contribution in [0, 0.1) is 23.0 Å². The number of esters is 1. The van der Waals surface area contributed by atoms with Gasteiger partial charge in [-0.2, -0.15) is 5.26 Å². The molecule has 3 aromatic rings. The van der Waals surface area contributed by atoms with Crippen molar-refractivity contribution in [2.45, 2.75) is 11.3 Å². The molecule has 0 aliphatic carbocycles. The minimum absolute atomic E-state index is 0.0320. The SMILES string of the molecule is N#CCCN(C(=O)COC(=O)c1cccc(NS(=O)(=O)c2ccc(F)c(F)c2)c1)c1ccccc1. The van der Waals surface area contributed by atoms with Crippen molar-refractivity contribution in [1.82, 2.24) is 0 Å². The van der Waals surface area contributed by atoms with Crippen LogP contribution < -0.4 is 9.62 Å². The fourth-order valence-electron chi connectivity index (χ4n) is 3.02. The van der Waals surface area contributed by atoms with Crippen LogP contribution >= 0.6 is 0 Å². The molecule has 0 spiro atoms. The van der Waals surface area contributed by atoms with Gasteiger partial charge in [0.1, 0.15) is 0 Å². The molecule has 0 saturated heterocycles.